The number of methoxy groups -OCH3 is 1. The third kappa shape index (κ3) is 2.75. The topological polar surface area (TPSA) is 69.4 Å². The van der Waals surface area contributed by atoms with Crippen molar-refractivity contribution in [1.82, 2.24) is 0 Å². The molecule has 0 heterocycles. The number of halogens is 1. The molecule has 1 aliphatic carbocycles. The molecule has 3 rings (SSSR count). The van der Waals surface area contributed by atoms with Gasteiger partial charge in [0.15, 0.2) is 9.84 Å². The van der Waals surface area contributed by atoms with E-state index in [1.807, 2.05) is 12.1 Å². The highest BCUT2D eigenvalue weighted by Gasteiger charge is 2.70. The van der Waals surface area contributed by atoms with E-state index in [0.717, 1.165) is 5.56 Å². The van der Waals surface area contributed by atoms with Gasteiger partial charge in [0.25, 0.3) is 0 Å². The van der Waals surface area contributed by atoms with E-state index >= 15 is 0 Å². The maximum atomic E-state index is 13.2. The normalized spacial score (nSPS) is 26.3. The second-order valence-electron chi connectivity index (χ2n) is 6.18. The molecule has 0 unspecified atom stereocenters. The van der Waals surface area contributed by atoms with E-state index in [9.17, 15) is 8.42 Å². The number of rotatable bonds is 6. The summed E-state index contributed by atoms with van der Waals surface area (Å²) in [6, 6.07) is 15.8. The van der Waals surface area contributed by atoms with E-state index < -0.39 is 20.5 Å². The highest BCUT2D eigenvalue weighted by molar-refractivity contribution is 7.92. The molecule has 2 aromatic carbocycles. The first-order valence-corrected chi connectivity index (χ1v) is 9.63. The summed E-state index contributed by atoms with van der Waals surface area (Å²) in [5.41, 5.74) is 6.32. The molecule has 2 aromatic rings. The third-order valence-corrected chi connectivity index (χ3v) is 7.40. The lowest BCUT2D eigenvalue weighted by atomic mass is 10.0. The highest BCUT2D eigenvalue weighted by Crippen LogP contribution is 2.63. The second-order valence-corrected chi connectivity index (χ2v) is 8.68. The van der Waals surface area contributed by atoms with Crippen LogP contribution in [0, 0.1) is 5.41 Å². The van der Waals surface area contributed by atoms with Crippen molar-refractivity contribution in [2.45, 2.75) is 16.1 Å². The Balaban J connectivity index is 2.05. The van der Waals surface area contributed by atoms with Gasteiger partial charge in [-0.3, -0.25) is 0 Å². The Labute approximate surface area is 147 Å². The van der Waals surface area contributed by atoms with Crippen LogP contribution in [0.25, 0.3) is 0 Å². The van der Waals surface area contributed by atoms with Crippen molar-refractivity contribution in [3.8, 4) is 0 Å². The Morgan fingerprint density at radius 1 is 1.12 bits per heavy atom. The molecule has 0 saturated heterocycles. The van der Waals surface area contributed by atoms with Gasteiger partial charge in [0, 0.05) is 30.0 Å². The number of sulfone groups is 1. The van der Waals surface area contributed by atoms with Gasteiger partial charge in [-0.05, 0) is 29.8 Å². The van der Waals surface area contributed by atoms with Crippen LogP contribution in [0.1, 0.15) is 11.5 Å². The summed E-state index contributed by atoms with van der Waals surface area (Å²) in [5.74, 6) is -0.204. The molecule has 6 heteroatoms. The fourth-order valence-electron chi connectivity index (χ4n) is 3.62. The van der Waals surface area contributed by atoms with E-state index in [4.69, 9.17) is 22.1 Å². The Kier molecular flexibility index (Phi) is 4.71. The molecule has 4 nitrogen and oxygen atoms in total. The average Bonchev–Trinajstić information content (AvgIpc) is 3.26. The average molecular weight is 366 g/mol. The molecular weight excluding hydrogens is 346 g/mol. The van der Waals surface area contributed by atoms with Crippen molar-refractivity contribution in [2.24, 2.45) is 11.1 Å². The predicted octanol–water partition coefficient (Wildman–Crippen LogP) is 2.87. The minimum absolute atomic E-state index is 0.204. The van der Waals surface area contributed by atoms with Gasteiger partial charge in [0.05, 0.1) is 16.8 Å². The molecule has 1 aliphatic rings. The van der Waals surface area contributed by atoms with Crippen LogP contribution in [-0.4, -0.2) is 33.9 Å². The van der Waals surface area contributed by atoms with Gasteiger partial charge in [-0.2, -0.15) is 0 Å². The van der Waals surface area contributed by atoms with Gasteiger partial charge < -0.3 is 10.5 Å². The molecule has 3 atom stereocenters. The molecular formula is C18H20ClNO3S. The van der Waals surface area contributed by atoms with E-state index in [1.165, 1.54) is 0 Å². The van der Waals surface area contributed by atoms with Crippen molar-refractivity contribution in [2.75, 3.05) is 20.3 Å². The molecule has 1 saturated carbocycles. The van der Waals surface area contributed by atoms with Crippen LogP contribution >= 0.6 is 11.6 Å². The summed E-state index contributed by atoms with van der Waals surface area (Å²) in [5, 5.41) is 0.0190. The van der Waals surface area contributed by atoms with Gasteiger partial charge in [-0.1, -0.05) is 41.9 Å². The number of nitrogens with two attached hydrogens (primary N) is 1. The fraction of sp³-hybridized carbons (Fsp3) is 0.333. The summed E-state index contributed by atoms with van der Waals surface area (Å²) in [6.45, 7) is 0.540. The smallest absolute Gasteiger partial charge is 0.182 e. The van der Waals surface area contributed by atoms with Gasteiger partial charge in [-0.15, -0.1) is 0 Å². The molecule has 0 aliphatic heterocycles. The van der Waals surface area contributed by atoms with E-state index in [-0.39, 0.29) is 12.5 Å². The molecule has 128 valence electrons. The number of hydrogen-bond acceptors (Lipinski definition) is 4. The molecule has 2 N–H and O–H groups in total. The monoisotopic (exact) mass is 365 g/mol. The first-order chi connectivity index (χ1) is 11.5. The fourth-order valence-corrected chi connectivity index (χ4v) is 6.21. The highest BCUT2D eigenvalue weighted by atomic mass is 35.5. The summed E-state index contributed by atoms with van der Waals surface area (Å²) >= 11 is 5.96. The minimum Gasteiger partial charge on any atom is -0.384 e. The van der Waals surface area contributed by atoms with Crippen molar-refractivity contribution in [3.63, 3.8) is 0 Å². The van der Waals surface area contributed by atoms with Crippen LogP contribution in [0.5, 0.6) is 0 Å². The van der Waals surface area contributed by atoms with E-state index in [2.05, 4.69) is 0 Å². The van der Waals surface area contributed by atoms with Crippen molar-refractivity contribution < 1.29 is 13.2 Å². The number of benzene rings is 2. The lowest BCUT2D eigenvalue weighted by molar-refractivity contribution is 0.142. The molecule has 0 aromatic heterocycles. The molecule has 0 spiro atoms. The molecule has 24 heavy (non-hydrogen) atoms. The standard InChI is InChI=1S/C18H20ClNO3S/c1-23-12-18(11-20)16(13-7-9-14(19)10-8-13)17(18)24(21,22)15-5-3-2-4-6-15/h2-10,16-17H,11-12,20H2,1H3/t16-,17+,18+/m0/s1. The minimum atomic E-state index is -3.51. The lowest BCUT2D eigenvalue weighted by Gasteiger charge is -2.15. The van der Waals surface area contributed by atoms with Crippen LogP contribution in [0.4, 0.5) is 0 Å². The van der Waals surface area contributed by atoms with Gasteiger partial charge >= 0.3 is 0 Å². The third-order valence-electron chi connectivity index (χ3n) is 4.81. The summed E-state index contributed by atoms with van der Waals surface area (Å²) < 4.78 is 31.6. The van der Waals surface area contributed by atoms with Gasteiger partial charge in [-0.25, -0.2) is 8.42 Å². The Hall–Kier alpha value is -1.40. The maximum absolute atomic E-state index is 13.2. The number of ether oxygens (including phenoxy) is 1. The maximum Gasteiger partial charge on any atom is 0.182 e. The van der Waals surface area contributed by atoms with Crippen molar-refractivity contribution in [1.29, 1.82) is 0 Å². The zero-order chi connectivity index (χ0) is 17.4. The van der Waals surface area contributed by atoms with Gasteiger partial charge in [0.2, 0.25) is 0 Å². The predicted molar refractivity (Wildman–Crippen MR) is 95.0 cm³/mol. The van der Waals surface area contributed by atoms with Gasteiger partial charge in [0.1, 0.15) is 0 Å². The second kappa shape index (κ2) is 6.48. The lowest BCUT2D eigenvalue weighted by Crippen LogP contribution is -2.28. The Bertz CT molecular complexity index is 808. The number of hydrogen-bond donors (Lipinski definition) is 1. The Morgan fingerprint density at radius 3 is 2.29 bits per heavy atom. The first kappa shape index (κ1) is 17.4. The SMILES string of the molecule is COC[C@@]1(CN)[C@H](S(=O)(=O)c2ccccc2)[C@@H]1c1ccc(Cl)cc1. The molecule has 0 bridgehead atoms. The van der Waals surface area contributed by atoms with Crippen LogP contribution in [0.3, 0.4) is 0 Å². The zero-order valence-corrected chi connectivity index (χ0v) is 14.9. The molecule has 0 amide bonds. The van der Waals surface area contributed by atoms with Crippen LogP contribution < -0.4 is 5.73 Å². The zero-order valence-electron chi connectivity index (χ0n) is 13.4. The van der Waals surface area contributed by atoms with Crippen molar-refractivity contribution in [3.05, 3.63) is 65.2 Å². The Morgan fingerprint density at radius 2 is 1.75 bits per heavy atom. The molecule has 1 fully saturated rings. The van der Waals surface area contributed by atoms with Crippen LogP contribution in [0.2, 0.25) is 5.02 Å². The van der Waals surface area contributed by atoms with Crippen molar-refractivity contribution >= 4 is 21.4 Å². The summed E-state index contributed by atoms with van der Waals surface area (Å²) in [6.07, 6.45) is 0. The van der Waals surface area contributed by atoms with Crippen LogP contribution in [-0.2, 0) is 14.6 Å². The first-order valence-electron chi connectivity index (χ1n) is 7.71. The van der Waals surface area contributed by atoms with E-state index in [1.54, 1.807) is 49.6 Å². The van der Waals surface area contributed by atoms with Crippen LogP contribution in [0.15, 0.2) is 59.5 Å². The summed E-state index contributed by atoms with van der Waals surface area (Å²) in [7, 11) is -1.94. The summed E-state index contributed by atoms with van der Waals surface area (Å²) in [4.78, 5) is 0.320. The van der Waals surface area contributed by atoms with E-state index in [0.29, 0.717) is 16.5 Å². The quantitative estimate of drug-likeness (QED) is 0.854. The largest absolute Gasteiger partial charge is 0.384 e. The molecule has 0 radical (unpaired) electrons.